The maximum Gasteiger partial charge on any atom is 0.325 e. The Morgan fingerprint density at radius 2 is 2.04 bits per heavy atom. The number of aromatic amines is 2. The number of anilines is 2. The molecule has 0 aliphatic heterocycles. The van der Waals surface area contributed by atoms with Gasteiger partial charge in [-0.2, -0.15) is 0 Å². The molecule has 4 N–H and O–H groups in total. The zero-order chi connectivity index (χ0) is 15.8. The number of amides is 2. The fourth-order valence-corrected chi connectivity index (χ4v) is 3.58. The summed E-state index contributed by atoms with van der Waals surface area (Å²) >= 11 is 1.53. The molecule has 1 aliphatic carbocycles. The van der Waals surface area contributed by atoms with Gasteiger partial charge in [-0.15, -0.1) is 11.3 Å². The van der Waals surface area contributed by atoms with E-state index in [1.165, 1.54) is 35.5 Å². The van der Waals surface area contributed by atoms with Crippen molar-refractivity contribution in [2.45, 2.75) is 25.2 Å². The topological polar surface area (TPSA) is 103 Å². The van der Waals surface area contributed by atoms with Crippen molar-refractivity contribution in [2.75, 3.05) is 10.6 Å². The van der Waals surface area contributed by atoms with Crippen molar-refractivity contribution in [3.8, 4) is 0 Å². The van der Waals surface area contributed by atoms with Crippen LogP contribution in [0.1, 0.15) is 30.1 Å². The molecule has 2 heterocycles. The lowest BCUT2D eigenvalue weighted by molar-refractivity contribution is 0.262. The van der Waals surface area contributed by atoms with Crippen LogP contribution in [0.3, 0.4) is 0 Å². The minimum atomic E-state index is -0.350. The highest BCUT2D eigenvalue weighted by atomic mass is 32.1. The van der Waals surface area contributed by atoms with Crippen LogP contribution in [0, 0.1) is 0 Å². The Bertz CT molecular complexity index is 921. The van der Waals surface area contributed by atoms with Gasteiger partial charge >= 0.3 is 11.7 Å². The Morgan fingerprint density at radius 3 is 2.83 bits per heavy atom. The SMILES string of the molecule is O=C(Nc1ccc2[nH]c(=O)[nH]c2c1)Nc1ncc(C2CCC2)s1. The van der Waals surface area contributed by atoms with Crippen LogP contribution in [0.15, 0.2) is 29.2 Å². The predicted molar refractivity (Wildman–Crippen MR) is 90.3 cm³/mol. The van der Waals surface area contributed by atoms with Crippen molar-refractivity contribution >= 4 is 39.2 Å². The first-order valence-corrected chi connectivity index (χ1v) is 8.25. The van der Waals surface area contributed by atoms with Crippen LogP contribution in [-0.4, -0.2) is 21.0 Å². The Morgan fingerprint density at radius 1 is 1.22 bits per heavy atom. The maximum absolute atomic E-state index is 12.1. The quantitative estimate of drug-likeness (QED) is 0.593. The van der Waals surface area contributed by atoms with E-state index in [9.17, 15) is 9.59 Å². The molecular formula is C15H15N5O2S. The molecule has 1 saturated carbocycles. The molecule has 0 spiro atoms. The van der Waals surface area contributed by atoms with Crippen molar-refractivity contribution in [3.05, 3.63) is 39.8 Å². The van der Waals surface area contributed by atoms with Crippen LogP contribution in [0.5, 0.6) is 0 Å². The zero-order valence-electron chi connectivity index (χ0n) is 12.2. The van der Waals surface area contributed by atoms with Gasteiger partial charge < -0.3 is 15.3 Å². The van der Waals surface area contributed by atoms with E-state index in [0.29, 0.717) is 27.8 Å². The number of nitrogens with one attached hydrogen (secondary N) is 4. The summed E-state index contributed by atoms with van der Waals surface area (Å²) in [5.74, 6) is 0.610. The number of urea groups is 1. The molecule has 118 valence electrons. The van der Waals surface area contributed by atoms with Crippen LogP contribution in [0.25, 0.3) is 11.0 Å². The zero-order valence-corrected chi connectivity index (χ0v) is 13.0. The molecule has 1 aliphatic rings. The van der Waals surface area contributed by atoms with Crippen molar-refractivity contribution in [1.29, 1.82) is 0 Å². The normalized spacial score (nSPS) is 14.6. The first-order chi connectivity index (χ1) is 11.2. The second-order valence-electron chi connectivity index (χ2n) is 5.61. The van der Waals surface area contributed by atoms with E-state index in [-0.39, 0.29) is 11.7 Å². The molecule has 23 heavy (non-hydrogen) atoms. The third-order valence-electron chi connectivity index (χ3n) is 4.03. The van der Waals surface area contributed by atoms with Gasteiger partial charge in [-0.25, -0.2) is 14.6 Å². The van der Waals surface area contributed by atoms with Crippen molar-refractivity contribution in [2.24, 2.45) is 0 Å². The highest BCUT2D eigenvalue weighted by Gasteiger charge is 2.22. The number of fused-ring (bicyclic) bond motifs is 1. The van der Waals surface area contributed by atoms with E-state index in [2.05, 4.69) is 25.6 Å². The van der Waals surface area contributed by atoms with Gasteiger partial charge in [0, 0.05) is 16.8 Å². The fourth-order valence-electron chi connectivity index (χ4n) is 2.60. The second-order valence-corrected chi connectivity index (χ2v) is 6.68. The van der Waals surface area contributed by atoms with Gasteiger partial charge in [-0.3, -0.25) is 5.32 Å². The second kappa shape index (κ2) is 5.54. The monoisotopic (exact) mass is 329 g/mol. The van der Waals surface area contributed by atoms with Gasteiger partial charge in [0.05, 0.1) is 11.0 Å². The Labute approximate surface area is 135 Å². The van der Waals surface area contributed by atoms with Crippen LogP contribution in [-0.2, 0) is 0 Å². The number of carbonyl (C=O) groups excluding carboxylic acids is 1. The minimum Gasteiger partial charge on any atom is -0.308 e. The number of hydrogen-bond acceptors (Lipinski definition) is 4. The third-order valence-corrected chi connectivity index (χ3v) is 5.10. The number of nitrogens with zero attached hydrogens (tertiary/aromatic N) is 1. The maximum atomic E-state index is 12.1. The lowest BCUT2D eigenvalue weighted by Gasteiger charge is -2.23. The Hall–Kier alpha value is -2.61. The summed E-state index contributed by atoms with van der Waals surface area (Å²) in [5.41, 5.74) is 1.68. The molecule has 0 unspecified atom stereocenters. The Balaban J connectivity index is 1.43. The van der Waals surface area contributed by atoms with Crippen LogP contribution >= 0.6 is 11.3 Å². The molecule has 0 bridgehead atoms. The molecule has 1 fully saturated rings. The number of carbonyl (C=O) groups is 1. The van der Waals surface area contributed by atoms with Gasteiger partial charge in [0.25, 0.3) is 0 Å². The third kappa shape index (κ3) is 2.85. The molecule has 2 aromatic heterocycles. The van der Waals surface area contributed by atoms with Crippen LogP contribution < -0.4 is 16.3 Å². The van der Waals surface area contributed by atoms with Crippen molar-refractivity contribution in [1.82, 2.24) is 15.0 Å². The van der Waals surface area contributed by atoms with Gasteiger partial charge in [0.15, 0.2) is 5.13 Å². The summed E-state index contributed by atoms with van der Waals surface area (Å²) in [4.78, 5) is 34.1. The first kappa shape index (κ1) is 14.0. The molecule has 0 saturated heterocycles. The average Bonchev–Trinajstić information content (AvgIpc) is 3.02. The number of aromatic nitrogens is 3. The summed E-state index contributed by atoms with van der Waals surface area (Å²) in [6, 6.07) is 4.82. The molecule has 7 nitrogen and oxygen atoms in total. The van der Waals surface area contributed by atoms with Gasteiger partial charge in [-0.05, 0) is 37.0 Å². The molecule has 0 atom stereocenters. The minimum absolute atomic E-state index is 0.270. The number of rotatable bonds is 3. The van der Waals surface area contributed by atoms with Crippen molar-refractivity contribution in [3.63, 3.8) is 0 Å². The lowest BCUT2D eigenvalue weighted by atomic mass is 9.85. The van der Waals surface area contributed by atoms with Crippen molar-refractivity contribution < 1.29 is 4.79 Å². The molecule has 0 radical (unpaired) electrons. The van der Waals surface area contributed by atoms with E-state index in [1.54, 1.807) is 18.2 Å². The largest absolute Gasteiger partial charge is 0.325 e. The number of benzene rings is 1. The summed E-state index contributed by atoms with van der Waals surface area (Å²) in [6.45, 7) is 0. The lowest BCUT2D eigenvalue weighted by Crippen LogP contribution is -2.19. The number of hydrogen-bond donors (Lipinski definition) is 4. The predicted octanol–water partition coefficient (Wildman–Crippen LogP) is 3.22. The molecule has 3 aromatic rings. The summed E-state index contributed by atoms with van der Waals surface area (Å²) in [6.07, 6.45) is 5.54. The molecule has 4 rings (SSSR count). The molecule has 8 heteroatoms. The van der Waals surface area contributed by atoms with E-state index in [0.717, 1.165) is 0 Å². The van der Waals surface area contributed by atoms with E-state index >= 15 is 0 Å². The van der Waals surface area contributed by atoms with Gasteiger partial charge in [-0.1, -0.05) is 6.42 Å². The first-order valence-electron chi connectivity index (χ1n) is 7.43. The number of thiazole rings is 1. The van der Waals surface area contributed by atoms with E-state index in [1.807, 2.05) is 6.20 Å². The average molecular weight is 329 g/mol. The van der Waals surface area contributed by atoms with Crippen LogP contribution in [0.2, 0.25) is 0 Å². The highest BCUT2D eigenvalue weighted by molar-refractivity contribution is 7.15. The fraction of sp³-hybridized carbons (Fsp3) is 0.267. The Kier molecular flexibility index (Phi) is 3.38. The van der Waals surface area contributed by atoms with Gasteiger partial charge in [0.2, 0.25) is 0 Å². The molecule has 1 aromatic carbocycles. The summed E-state index contributed by atoms with van der Waals surface area (Å²) < 4.78 is 0. The molecular weight excluding hydrogens is 314 g/mol. The highest BCUT2D eigenvalue weighted by Crippen LogP contribution is 2.39. The van der Waals surface area contributed by atoms with Crippen LogP contribution in [0.4, 0.5) is 15.6 Å². The number of H-pyrrole nitrogens is 2. The van der Waals surface area contributed by atoms with Gasteiger partial charge in [0.1, 0.15) is 0 Å². The number of imidazole rings is 1. The summed E-state index contributed by atoms with van der Waals surface area (Å²) in [5, 5.41) is 6.08. The molecule has 2 amide bonds. The summed E-state index contributed by atoms with van der Waals surface area (Å²) in [7, 11) is 0. The standard InChI is InChI=1S/C15H15N5O2S/c21-13(20-15-16-7-12(23-15)8-2-1-3-8)17-9-4-5-10-11(6-9)19-14(22)18-10/h4-8H,1-3H2,(H2,18,19,22)(H2,16,17,20,21). The van der Waals surface area contributed by atoms with E-state index in [4.69, 9.17) is 0 Å². The van der Waals surface area contributed by atoms with E-state index < -0.39 is 0 Å². The smallest absolute Gasteiger partial charge is 0.308 e.